The fourth-order valence-corrected chi connectivity index (χ4v) is 4.45. The Bertz CT molecular complexity index is 792. The molecule has 0 aliphatic carbocycles. The van der Waals surface area contributed by atoms with Crippen molar-refractivity contribution in [1.82, 2.24) is 15.6 Å². The molecular formula is C22H30N4. The number of pyridine rings is 1. The van der Waals surface area contributed by atoms with Crippen LogP contribution in [0.3, 0.4) is 0 Å². The summed E-state index contributed by atoms with van der Waals surface area (Å²) in [4.78, 5) is 4.37. The van der Waals surface area contributed by atoms with Gasteiger partial charge in [-0.25, -0.2) is 0 Å². The van der Waals surface area contributed by atoms with E-state index in [0.29, 0.717) is 18.0 Å². The van der Waals surface area contributed by atoms with E-state index in [0.717, 1.165) is 26.1 Å². The van der Waals surface area contributed by atoms with Gasteiger partial charge >= 0.3 is 0 Å². The number of nitrogens with zero attached hydrogens (tertiary/aromatic N) is 1. The average molecular weight is 351 g/mol. The Morgan fingerprint density at radius 1 is 1.23 bits per heavy atom. The Morgan fingerprint density at radius 3 is 2.88 bits per heavy atom. The molecule has 3 heterocycles. The van der Waals surface area contributed by atoms with Crippen LogP contribution in [-0.4, -0.2) is 36.7 Å². The van der Waals surface area contributed by atoms with Crippen molar-refractivity contribution in [3.8, 4) is 0 Å². The molecule has 2 aliphatic rings. The summed E-state index contributed by atoms with van der Waals surface area (Å²) in [5.41, 5.74) is 4.06. The van der Waals surface area contributed by atoms with Crippen LogP contribution in [0.5, 0.6) is 0 Å². The van der Waals surface area contributed by atoms with Crippen molar-refractivity contribution >= 4 is 22.0 Å². The van der Waals surface area contributed by atoms with Gasteiger partial charge in [0.1, 0.15) is 0 Å². The van der Waals surface area contributed by atoms with E-state index in [2.05, 4.69) is 59.1 Å². The fraction of sp³-hybridized carbons (Fsp3) is 0.500. The normalized spacial score (nSPS) is 24.5. The molecule has 1 aromatic heterocycles. The molecule has 26 heavy (non-hydrogen) atoms. The molecule has 0 radical (unpaired) electrons. The van der Waals surface area contributed by atoms with E-state index in [1.165, 1.54) is 40.4 Å². The van der Waals surface area contributed by atoms with Crippen LogP contribution in [0.2, 0.25) is 0 Å². The van der Waals surface area contributed by atoms with Crippen molar-refractivity contribution in [3.05, 3.63) is 42.2 Å². The number of benzene rings is 1. The Hall–Kier alpha value is -1.91. The Morgan fingerprint density at radius 2 is 2.08 bits per heavy atom. The van der Waals surface area contributed by atoms with Gasteiger partial charge in [-0.3, -0.25) is 4.98 Å². The first-order valence-corrected chi connectivity index (χ1v) is 10.0. The van der Waals surface area contributed by atoms with Crippen molar-refractivity contribution in [1.29, 1.82) is 0 Å². The highest BCUT2D eigenvalue weighted by atomic mass is 15.0. The second kappa shape index (κ2) is 7.77. The number of rotatable bonds is 4. The maximum atomic E-state index is 4.37. The van der Waals surface area contributed by atoms with Gasteiger partial charge in [0.05, 0.1) is 0 Å². The lowest BCUT2D eigenvalue weighted by atomic mass is 9.83. The summed E-state index contributed by atoms with van der Waals surface area (Å²) in [5.74, 6) is 0.528. The van der Waals surface area contributed by atoms with E-state index in [1.807, 2.05) is 12.4 Å². The first-order chi connectivity index (χ1) is 12.8. The predicted molar refractivity (Wildman–Crippen MR) is 110 cm³/mol. The third-order valence-corrected chi connectivity index (χ3v) is 6.02. The SMILES string of the molecule is CCC1NCC=C(c2cc(NC3CCNCC3)c3cnccc3c2)C1C. The average Bonchev–Trinajstić information content (AvgIpc) is 2.69. The molecule has 3 N–H and O–H groups in total. The summed E-state index contributed by atoms with van der Waals surface area (Å²) < 4.78 is 0. The van der Waals surface area contributed by atoms with Crippen LogP contribution in [-0.2, 0) is 0 Å². The van der Waals surface area contributed by atoms with Crippen molar-refractivity contribution < 1.29 is 0 Å². The van der Waals surface area contributed by atoms with E-state index >= 15 is 0 Å². The quantitative estimate of drug-likeness (QED) is 0.785. The Kier molecular flexibility index (Phi) is 5.23. The van der Waals surface area contributed by atoms with E-state index in [9.17, 15) is 0 Å². The first-order valence-electron chi connectivity index (χ1n) is 10.0. The minimum Gasteiger partial charge on any atom is -0.382 e. The lowest BCUT2D eigenvalue weighted by Crippen LogP contribution is -2.38. The molecular weight excluding hydrogens is 320 g/mol. The zero-order chi connectivity index (χ0) is 17.9. The molecule has 1 aromatic carbocycles. The summed E-state index contributed by atoms with van der Waals surface area (Å²) in [6, 6.07) is 7.93. The van der Waals surface area contributed by atoms with Crippen molar-refractivity contribution in [2.75, 3.05) is 25.0 Å². The van der Waals surface area contributed by atoms with E-state index in [-0.39, 0.29) is 0 Å². The summed E-state index contributed by atoms with van der Waals surface area (Å²) >= 11 is 0. The molecule has 1 saturated heterocycles. The van der Waals surface area contributed by atoms with Crippen LogP contribution < -0.4 is 16.0 Å². The Labute approximate surface area is 156 Å². The van der Waals surface area contributed by atoms with Crippen LogP contribution in [0.1, 0.15) is 38.7 Å². The number of aromatic nitrogens is 1. The van der Waals surface area contributed by atoms with E-state index in [1.54, 1.807) is 0 Å². The zero-order valence-electron chi connectivity index (χ0n) is 15.9. The minimum atomic E-state index is 0.528. The maximum absolute atomic E-state index is 4.37. The van der Waals surface area contributed by atoms with Crippen LogP contribution in [0, 0.1) is 5.92 Å². The number of hydrogen-bond acceptors (Lipinski definition) is 4. The van der Waals surface area contributed by atoms with Crippen molar-refractivity contribution in [3.63, 3.8) is 0 Å². The number of nitrogens with one attached hydrogen (secondary N) is 3. The number of hydrogen-bond donors (Lipinski definition) is 3. The highest BCUT2D eigenvalue weighted by Crippen LogP contribution is 2.35. The monoisotopic (exact) mass is 350 g/mol. The fourth-order valence-electron chi connectivity index (χ4n) is 4.45. The molecule has 0 spiro atoms. The largest absolute Gasteiger partial charge is 0.382 e. The molecule has 4 nitrogen and oxygen atoms in total. The van der Waals surface area contributed by atoms with Gasteiger partial charge in [-0.1, -0.05) is 19.9 Å². The van der Waals surface area contributed by atoms with Gasteiger partial charge in [-0.05, 0) is 73.0 Å². The van der Waals surface area contributed by atoms with Gasteiger partial charge in [0.25, 0.3) is 0 Å². The summed E-state index contributed by atoms with van der Waals surface area (Å²) in [6.07, 6.45) is 9.77. The van der Waals surface area contributed by atoms with Crippen LogP contribution in [0.25, 0.3) is 16.3 Å². The molecule has 2 aliphatic heterocycles. The number of fused-ring (bicyclic) bond motifs is 1. The zero-order valence-corrected chi connectivity index (χ0v) is 15.9. The van der Waals surface area contributed by atoms with E-state index < -0.39 is 0 Å². The van der Waals surface area contributed by atoms with Crippen LogP contribution in [0.15, 0.2) is 36.7 Å². The second-order valence-corrected chi connectivity index (χ2v) is 7.66. The number of piperidine rings is 1. The molecule has 2 atom stereocenters. The molecule has 2 aromatic rings. The highest BCUT2D eigenvalue weighted by molar-refractivity contribution is 5.96. The topological polar surface area (TPSA) is 49.0 Å². The summed E-state index contributed by atoms with van der Waals surface area (Å²) in [7, 11) is 0. The number of anilines is 1. The smallest absolute Gasteiger partial charge is 0.0443 e. The summed E-state index contributed by atoms with van der Waals surface area (Å²) in [6.45, 7) is 7.78. The lowest BCUT2D eigenvalue weighted by Gasteiger charge is -2.31. The van der Waals surface area contributed by atoms with Crippen LogP contribution >= 0.6 is 0 Å². The maximum Gasteiger partial charge on any atom is 0.0443 e. The van der Waals surface area contributed by atoms with Gasteiger partial charge in [0, 0.05) is 42.1 Å². The standard InChI is InChI=1S/C22H30N4/c1-3-21-15(2)19(7-11-25-21)17-12-16-4-8-24-14-20(16)22(13-17)26-18-5-9-23-10-6-18/h4,7-8,12-15,18,21,23,25-26H,3,5-6,9-11H2,1-2H3. The molecule has 4 rings (SSSR count). The van der Waals surface area contributed by atoms with Crippen molar-refractivity contribution in [2.45, 2.75) is 45.2 Å². The molecule has 4 heteroatoms. The Balaban J connectivity index is 1.72. The highest BCUT2D eigenvalue weighted by Gasteiger charge is 2.24. The molecule has 0 bridgehead atoms. The van der Waals surface area contributed by atoms with Gasteiger partial charge in [-0.2, -0.15) is 0 Å². The van der Waals surface area contributed by atoms with Gasteiger partial charge in [0.2, 0.25) is 0 Å². The third kappa shape index (κ3) is 3.49. The third-order valence-electron chi connectivity index (χ3n) is 6.02. The molecule has 1 fully saturated rings. The molecule has 138 valence electrons. The van der Waals surface area contributed by atoms with Gasteiger partial charge in [0.15, 0.2) is 0 Å². The van der Waals surface area contributed by atoms with E-state index in [4.69, 9.17) is 0 Å². The molecule has 0 amide bonds. The lowest BCUT2D eigenvalue weighted by molar-refractivity contribution is 0.430. The predicted octanol–water partition coefficient (Wildman–Crippen LogP) is 3.80. The molecule has 0 saturated carbocycles. The summed E-state index contributed by atoms with van der Waals surface area (Å²) in [5, 5.41) is 13.4. The first kappa shape index (κ1) is 17.5. The van der Waals surface area contributed by atoms with Gasteiger partial charge in [-0.15, -0.1) is 0 Å². The minimum absolute atomic E-state index is 0.528. The second-order valence-electron chi connectivity index (χ2n) is 7.66. The molecule has 2 unspecified atom stereocenters. The van der Waals surface area contributed by atoms with Crippen LogP contribution in [0.4, 0.5) is 5.69 Å². The van der Waals surface area contributed by atoms with Gasteiger partial charge < -0.3 is 16.0 Å². The van der Waals surface area contributed by atoms with Crippen molar-refractivity contribution in [2.24, 2.45) is 5.92 Å².